The lowest BCUT2D eigenvalue weighted by molar-refractivity contribution is 0.669. The van der Waals surface area contributed by atoms with Crippen molar-refractivity contribution in [2.24, 2.45) is 0 Å². The lowest BCUT2D eigenvalue weighted by atomic mass is 9.82. The molecule has 0 N–H and O–H groups in total. The lowest BCUT2D eigenvalue weighted by Crippen LogP contribution is -1.94. The first kappa shape index (κ1) is 27.7. The van der Waals surface area contributed by atoms with Gasteiger partial charge in [0.05, 0.1) is 0 Å². The Morgan fingerprint density at radius 2 is 0.776 bits per heavy atom. The Morgan fingerprint density at radius 1 is 0.265 bits per heavy atom. The van der Waals surface area contributed by atoms with Gasteiger partial charge < -0.3 is 4.42 Å². The minimum Gasteiger partial charge on any atom is -0.456 e. The van der Waals surface area contributed by atoms with Crippen LogP contribution in [0.2, 0.25) is 0 Å². The zero-order chi connectivity index (χ0) is 32.3. The van der Waals surface area contributed by atoms with Gasteiger partial charge in [0.25, 0.3) is 0 Å². The maximum absolute atomic E-state index is 6.38. The van der Waals surface area contributed by atoms with Crippen molar-refractivity contribution in [2.75, 3.05) is 0 Å². The van der Waals surface area contributed by atoms with Gasteiger partial charge in [0.15, 0.2) is 0 Å². The maximum Gasteiger partial charge on any atom is 0.136 e. The van der Waals surface area contributed by atoms with Crippen LogP contribution in [0, 0.1) is 0 Å². The second kappa shape index (κ2) is 11.1. The van der Waals surface area contributed by atoms with Gasteiger partial charge in [-0.05, 0) is 95.0 Å². The molecule has 1 heteroatoms. The molecule has 0 atom stereocenters. The average Bonchev–Trinajstić information content (AvgIpc) is 3.55. The summed E-state index contributed by atoms with van der Waals surface area (Å²) in [7, 11) is 0. The summed E-state index contributed by atoms with van der Waals surface area (Å²) in [5, 5.41) is 9.72. The van der Waals surface area contributed by atoms with E-state index in [1.54, 1.807) is 0 Å². The first-order chi connectivity index (χ1) is 24.3. The number of hydrogen-bond acceptors (Lipinski definition) is 1. The molecule has 0 aliphatic heterocycles. The highest BCUT2D eigenvalue weighted by molar-refractivity contribution is 6.25. The summed E-state index contributed by atoms with van der Waals surface area (Å²) in [5.74, 6) is 0. The van der Waals surface area contributed by atoms with E-state index in [0.717, 1.165) is 27.5 Å². The molecule has 0 bridgehead atoms. The molecular formula is C48H30O. The van der Waals surface area contributed by atoms with Crippen LogP contribution in [-0.4, -0.2) is 0 Å². The van der Waals surface area contributed by atoms with Crippen molar-refractivity contribution < 1.29 is 4.42 Å². The van der Waals surface area contributed by atoms with E-state index in [2.05, 4.69) is 170 Å². The van der Waals surface area contributed by atoms with Crippen LogP contribution in [0.15, 0.2) is 186 Å². The van der Waals surface area contributed by atoms with E-state index in [4.69, 9.17) is 4.42 Å². The maximum atomic E-state index is 6.38. The third-order valence-electron chi connectivity index (χ3n) is 10.1. The van der Waals surface area contributed by atoms with E-state index in [1.165, 1.54) is 71.3 Å². The molecule has 0 spiro atoms. The highest BCUT2D eigenvalue weighted by atomic mass is 16.3. The molecule has 0 amide bonds. The van der Waals surface area contributed by atoms with Crippen LogP contribution in [0.1, 0.15) is 0 Å². The first-order valence-electron chi connectivity index (χ1n) is 16.9. The number of hydrogen-bond donors (Lipinski definition) is 0. The molecule has 1 aromatic heterocycles. The van der Waals surface area contributed by atoms with Crippen LogP contribution >= 0.6 is 0 Å². The van der Waals surface area contributed by atoms with E-state index in [0.29, 0.717) is 0 Å². The van der Waals surface area contributed by atoms with Gasteiger partial charge >= 0.3 is 0 Å². The monoisotopic (exact) mass is 622 g/mol. The van der Waals surface area contributed by atoms with Crippen molar-refractivity contribution >= 4 is 54.3 Å². The Bertz CT molecular complexity index is 2800. The van der Waals surface area contributed by atoms with E-state index >= 15 is 0 Å². The Hall–Kier alpha value is -6.44. The molecule has 1 heterocycles. The fraction of sp³-hybridized carbons (Fsp3) is 0. The van der Waals surface area contributed by atoms with E-state index < -0.39 is 0 Å². The van der Waals surface area contributed by atoms with Crippen LogP contribution in [-0.2, 0) is 0 Å². The number of benzene rings is 9. The topological polar surface area (TPSA) is 13.1 Å². The molecule has 1 nitrogen and oxygen atoms in total. The first-order valence-corrected chi connectivity index (χ1v) is 16.9. The highest BCUT2D eigenvalue weighted by Gasteiger charge is 2.21. The molecule has 49 heavy (non-hydrogen) atoms. The molecule has 9 aromatic carbocycles. The number of para-hydroxylation sites is 1. The van der Waals surface area contributed by atoms with Crippen LogP contribution in [0.4, 0.5) is 0 Å². The molecule has 0 aliphatic carbocycles. The SMILES string of the molecule is c1ccc(-c2ccc(-c3c4ccccc4c(-c4ccc5c(c4)oc4ccccc45)c4ccccc34)c3c(-c4ccccc4)cccc23)cc1. The summed E-state index contributed by atoms with van der Waals surface area (Å²) in [4.78, 5) is 0. The lowest BCUT2D eigenvalue weighted by Gasteiger charge is -2.21. The fourth-order valence-corrected chi connectivity index (χ4v) is 7.95. The molecule has 0 aliphatic rings. The molecule has 10 aromatic rings. The molecule has 228 valence electrons. The van der Waals surface area contributed by atoms with Crippen molar-refractivity contribution in [3.05, 3.63) is 182 Å². The molecule has 0 saturated carbocycles. The minimum atomic E-state index is 0.908. The summed E-state index contributed by atoms with van der Waals surface area (Å²) in [6.45, 7) is 0. The summed E-state index contributed by atoms with van der Waals surface area (Å²) >= 11 is 0. The summed E-state index contributed by atoms with van der Waals surface area (Å²) in [6, 6.07) is 65.8. The fourth-order valence-electron chi connectivity index (χ4n) is 7.95. The zero-order valence-electron chi connectivity index (χ0n) is 26.7. The third-order valence-corrected chi connectivity index (χ3v) is 10.1. The van der Waals surface area contributed by atoms with Gasteiger partial charge in [-0.15, -0.1) is 0 Å². The van der Waals surface area contributed by atoms with Gasteiger partial charge in [-0.3, -0.25) is 0 Å². The smallest absolute Gasteiger partial charge is 0.136 e. The van der Waals surface area contributed by atoms with Crippen LogP contribution in [0.5, 0.6) is 0 Å². The molecule has 0 unspecified atom stereocenters. The molecular weight excluding hydrogens is 593 g/mol. The van der Waals surface area contributed by atoms with Crippen molar-refractivity contribution in [3.63, 3.8) is 0 Å². The van der Waals surface area contributed by atoms with Crippen molar-refractivity contribution in [2.45, 2.75) is 0 Å². The Labute approximate surface area is 284 Å². The minimum absolute atomic E-state index is 0.908. The van der Waals surface area contributed by atoms with Crippen molar-refractivity contribution in [1.82, 2.24) is 0 Å². The van der Waals surface area contributed by atoms with Gasteiger partial charge in [-0.2, -0.15) is 0 Å². The summed E-state index contributed by atoms with van der Waals surface area (Å²) in [6.07, 6.45) is 0. The van der Waals surface area contributed by atoms with Crippen LogP contribution < -0.4 is 0 Å². The van der Waals surface area contributed by atoms with Gasteiger partial charge in [0.1, 0.15) is 11.2 Å². The van der Waals surface area contributed by atoms with E-state index in [-0.39, 0.29) is 0 Å². The van der Waals surface area contributed by atoms with Crippen molar-refractivity contribution in [3.8, 4) is 44.5 Å². The van der Waals surface area contributed by atoms with Gasteiger partial charge in [0, 0.05) is 10.8 Å². The number of fused-ring (bicyclic) bond motifs is 6. The van der Waals surface area contributed by atoms with Gasteiger partial charge in [-0.25, -0.2) is 0 Å². The predicted octanol–water partition coefficient (Wildman–Crippen LogP) is 13.7. The quantitative estimate of drug-likeness (QED) is 0.178. The number of furan rings is 1. The molecule has 10 rings (SSSR count). The summed E-state index contributed by atoms with van der Waals surface area (Å²) in [5.41, 5.74) is 11.6. The van der Waals surface area contributed by atoms with Crippen LogP contribution in [0.3, 0.4) is 0 Å². The van der Waals surface area contributed by atoms with Crippen molar-refractivity contribution in [1.29, 1.82) is 0 Å². The normalized spacial score (nSPS) is 11.7. The zero-order valence-corrected chi connectivity index (χ0v) is 26.7. The Morgan fingerprint density at radius 3 is 1.45 bits per heavy atom. The van der Waals surface area contributed by atoms with E-state index in [1.807, 2.05) is 12.1 Å². The summed E-state index contributed by atoms with van der Waals surface area (Å²) < 4.78 is 6.38. The third kappa shape index (κ3) is 4.33. The molecule has 0 radical (unpaired) electrons. The Balaban J connectivity index is 1.32. The molecule has 0 fully saturated rings. The van der Waals surface area contributed by atoms with Gasteiger partial charge in [0.2, 0.25) is 0 Å². The second-order valence-electron chi connectivity index (χ2n) is 12.8. The molecule has 0 saturated heterocycles. The standard InChI is InChI=1S/C48H30O/c1-3-14-31(15-4-1)34-28-29-43(47-35(23-13-24-38(34)47)32-16-5-2-6-17-32)48-41-21-9-7-19-39(41)46(40-20-8-10-22-42(40)48)33-26-27-37-36-18-11-12-25-44(36)49-45(37)30-33/h1-30H. The largest absolute Gasteiger partial charge is 0.456 e. The highest BCUT2D eigenvalue weighted by Crippen LogP contribution is 2.48. The number of rotatable bonds is 4. The average molecular weight is 623 g/mol. The van der Waals surface area contributed by atoms with Crippen LogP contribution in [0.25, 0.3) is 98.8 Å². The van der Waals surface area contributed by atoms with E-state index in [9.17, 15) is 0 Å². The Kier molecular flexibility index (Phi) is 6.25. The van der Waals surface area contributed by atoms with Gasteiger partial charge in [-0.1, -0.05) is 164 Å². The second-order valence-corrected chi connectivity index (χ2v) is 12.8. The predicted molar refractivity (Wildman–Crippen MR) is 208 cm³/mol.